The highest BCUT2D eigenvalue weighted by molar-refractivity contribution is 6.04. The molecule has 12 amide bonds. The number of nitrogens with one attached hydrogen (secondary N) is 12. The number of likely N-dealkylation sites (tertiary alicyclic amines) is 1. The molecule has 1 aromatic heterocycles. The quantitative estimate of drug-likeness (QED) is 0.00735. The first kappa shape index (κ1) is 91.8. The highest BCUT2D eigenvalue weighted by Crippen LogP contribution is 2.19. The summed E-state index contributed by atoms with van der Waals surface area (Å²) < 4.78 is 21.7. The Bertz CT molecular complexity index is 3480. The molecule has 0 radical (unpaired) electrons. The number of carboxylic acids is 1. The largest absolute Gasteiger partial charge is 0.481 e. The Hall–Kier alpha value is -10.8. The van der Waals surface area contributed by atoms with E-state index in [0.29, 0.717) is 76.5 Å². The first-order chi connectivity index (χ1) is 53.6. The minimum absolute atomic E-state index is 0.000482. The van der Waals surface area contributed by atoms with Gasteiger partial charge in [-0.2, -0.15) is 0 Å². The number of rotatable bonds is 41. The van der Waals surface area contributed by atoms with Crippen LogP contribution in [0.4, 0.5) is 0 Å². The summed E-state index contributed by atoms with van der Waals surface area (Å²) in [6.45, 7) is 3.58. The van der Waals surface area contributed by atoms with Crippen molar-refractivity contribution in [3.63, 3.8) is 0 Å². The van der Waals surface area contributed by atoms with Crippen LogP contribution in [-0.4, -0.2) is 328 Å². The number of hydrogen-bond acceptors (Lipinski definition) is 27. The van der Waals surface area contributed by atoms with Crippen molar-refractivity contribution in [3.8, 4) is 0 Å². The molecule has 42 nitrogen and oxygen atoms in total. The fourth-order valence-corrected chi connectivity index (χ4v) is 11.9. The predicted molar refractivity (Wildman–Crippen MR) is 395 cm³/mol. The van der Waals surface area contributed by atoms with E-state index in [1.807, 2.05) is 19.6 Å². The van der Waals surface area contributed by atoms with E-state index in [1.54, 1.807) is 37.3 Å². The number of aromatic nitrogens is 3. The van der Waals surface area contributed by atoms with E-state index in [-0.39, 0.29) is 161 Å². The van der Waals surface area contributed by atoms with E-state index < -0.39 is 138 Å². The zero-order valence-electron chi connectivity index (χ0n) is 63.9. The van der Waals surface area contributed by atoms with Crippen molar-refractivity contribution in [1.29, 1.82) is 5.41 Å². The number of carbonyl (C=O) groups excluding carboxylic acids is 15. The smallest absolute Gasteiger partial charge is 0.319 e. The first-order valence-electron chi connectivity index (χ1n) is 37.2. The first-order valence-corrected chi connectivity index (χ1v) is 37.2. The summed E-state index contributed by atoms with van der Waals surface area (Å²) in [5.74, 6) is -11.2. The number of nitrogens with two attached hydrogens (primary N) is 1. The van der Waals surface area contributed by atoms with Gasteiger partial charge in [-0.25, -0.2) is 4.68 Å². The van der Waals surface area contributed by atoms with Crippen molar-refractivity contribution >= 4 is 101 Å². The molecule has 1 aromatic carbocycles. The summed E-state index contributed by atoms with van der Waals surface area (Å²) in [4.78, 5) is 217. The van der Waals surface area contributed by atoms with Gasteiger partial charge in [0.05, 0.1) is 86.4 Å². The molecule has 3 aliphatic heterocycles. The third-order valence-electron chi connectivity index (χ3n) is 18.2. The number of benzene rings is 1. The molecular formula is C70H109N21O21. The Morgan fingerprint density at radius 1 is 0.589 bits per heavy atom. The van der Waals surface area contributed by atoms with Crippen molar-refractivity contribution < 1.29 is 101 Å². The van der Waals surface area contributed by atoms with Gasteiger partial charge in [0, 0.05) is 117 Å². The number of ether oxygens (including phenoxy) is 4. The highest BCUT2D eigenvalue weighted by Gasteiger charge is 2.37. The number of methoxy groups -OCH3 is 3. The van der Waals surface area contributed by atoms with Crippen molar-refractivity contribution in [2.45, 2.75) is 134 Å². The third kappa shape index (κ3) is 35.9. The Morgan fingerprint density at radius 3 is 1.71 bits per heavy atom. The molecule has 0 bridgehead atoms. The number of esters is 3. The average molecular weight is 1580 g/mol. The van der Waals surface area contributed by atoms with E-state index in [4.69, 9.17) is 30.1 Å². The molecule has 5 rings (SSSR count). The average Bonchev–Trinajstić information content (AvgIpc) is 1.68. The Morgan fingerprint density at radius 2 is 1.12 bits per heavy atom. The molecule has 620 valence electrons. The molecule has 2 aromatic rings. The summed E-state index contributed by atoms with van der Waals surface area (Å²) in [6, 6.07) is 1.74. The normalized spacial score (nSPS) is 19.2. The fraction of sp³-hybridized carbons (Fsp3) is 0.643. The van der Waals surface area contributed by atoms with Crippen LogP contribution in [0.5, 0.6) is 0 Å². The van der Waals surface area contributed by atoms with Crippen LogP contribution in [0.1, 0.15) is 95.2 Å². The van der Waals surface area contributed by atoms with Gasteiger partial charge < -0.3 is 88.3 Å². The minimum atomic E-state index is -1.67. The summed E-state index contributed by atoms with van der Waals surface area (Å²) in [7, 11) is 3.87. The van der Waals surface area contributed by atoms with Gasteiger partial charge in [0.25, 0.3) is 0 Å². The topological polar surface area (TPSA) is 559 Å². The Labute approximate surface area is 648 Å². The summed E-state index contributed by atoms with van der Waals surface area (Å²) in [6.07, 6.45) is 1.61. The van der Waals surface area contributed by atoms with Crippen LogP contribution in [0.25, 0.3) is 0 Å². The number of aliphatic carboxylic acids is 1. The maximum Gasteiger partial charge on any atom is 0.319 e. The summed E-state index contributed by atoms with van der Waals surface area (Å²) in [5, 5.41) is 54.1. The number of carboxylic acid groups (broad SMARTS) is 1. The van der Waals surface area contributed by atoms with Gasteiger partial charge >= 0.3 is 23.9 Å². The molecule has 15 N–H and O–H groups in total. The number of guanidine groups is 1. The van der Waals surface area contributed by atoms with Gasteiger partial charge in [0.2, 0.25) is 70.9 Å². The monoisotopic (exact) mass is 1580 g/mol. The number of imide groups is 1. The maximum absolute atomic E-state index is 14.2. The van der Waals surface area contributed by atoms with Gasteiger partial charge in [-0.15, -0.1) is 5.10 Å². The van der Waals surface area contributed by atoms with E-state index in [0.717, 1.165) is 4.90 Å². The SMILES string of the molecule is COC(=O)CN1CCN(CC(=O)NCc2cn(CC(=O)NCCCC[C@H](NC(=O)CCN3C(=O)CC(C)C3=O)C(=O)NCCOCCC(=O)NCCCC[C@@H]3NC(=O)[C@@H](Cc4ccccc4)NC(=O)[C@H](CC(=O)O)NC(=O)CNC(=O)[C@H](CCCNC(=N)N)NC3=O)nn2)CCN(CC(=O)OC)CCN(CC(=O)OC)CC1. The standard InChI is InChI=1S/C70H109N21O21/c1-46-35-59(97)91(69(46)108)24-18-55(93)79-49(15-8-11-21-74-58(96)42-90-40-48(84-85-90)38-77-57(95)41-86-25-27-87(43-61(100)109-2)29-31-89(45-63(102)111-4)32-30-88(28-26-86)44-62(101)110-3)64(103)75-23-34-112-33-19-54(92)73-20-10-9-16-51-66(105)81-50(17-12-22-76-70(71)72)65(104)78-39-56(94)80-53(37-60(98)99)68(107)83-52(67(106)82-51)36-47-13-6-5-7-14-47/h5-7,13-14,40,46,49-53H,8-12,15-39,41-45H2,1-4H3,(H,73,92)(H,74,96)(H,75,103)(H,77,95)(H,78,104)(H,79,93)(H,80,94)(H,81,105)(H,82,106)(H,83,107)(H,98,99)(H4,71,72,76)/t46?,49-,50-,51-,52+,53-/m0/s1. The van der Waals surface area contributed by atoms with Crippen LogP contribution in [-0.2, 0) is 115 Å². The molecule has 0 spiro atoms. The molecule has 6 atom stereocenters. The van der Waals surface area contributed by atoms with Gasteiger partial charge in [0.1, 0.15) is 42.4 Å². The molecular weight excluding hydrogens is 1470 g/mol. The molecule has 112 heavy (non-hydrogen) atoms. The van der Waals surface area contributed by atoms with Crippen LogP contribution in [0.2, 0.25) is 0 Å². The second-order valence-electron chi connectivity index (χ2n) is 27.0. The summed E-state index contributed by atoms with van der Waals surface area (Å²) >= 11 is 0. The van der Waals surface area contributed by atoms with Gasteiger partial charge in [-0.3, -0.25) is 107 Å². The number of hydrogen-bond donors (Lipinski definition) is 14. The van der Waals surface area contributed by atoms with Crippen molar-refractivity contribution in [2.24, 2.45) is 11.7 Å². The number of carbonyl (C=O) groups is 16. The van der Waals surface area contributed by atoms with E-state index in [1.165, 1.54) is 32.2 Å². The molecule has 42 heteroatoms. The highest BCUT2D eigenvalue weighted by atomic mass is 16.5. The zero-order chi connectivity index (χ0) is 81.9. The van der Waals surface area contributed by atoms with Crippen LogP contribution >= 0.6 is 0 Å². The second-order valence-corrected chi connectivity index (χ2v) is 27.0. The molecule has 0 saturated carbocycles. The minimum Gasteiger partial charge on any atom is -0.481 e. The van der Waals surface area contributed by atoms with E-state index in [2.05, 4.69) is 68.8 Å². The maximum atomic E-state index is 14.2. The lowest BCUT2D eigenvalue weighted by Gasteiger charge is -2.33. The number of nitrogens with zero attached hydrogens (tertiary/aromatic N) is 8. The fourth-order valence-electron chi connectivity index (χ4n) is 11.9. The summed E-state index contributed by atoms with van der Waals surface area (Å²) in [5.41, 5.74) is 6.35. The van der Waals surface area contributed by atoms with Crippen LogP contribution in [0.3, 0.4) is 0 Å². The molecule has 0 aliphatic carbocycles. The van der Waals surface area contributed by atoms with Crippen LogP contribution in [0, 0.1) is 11.3 Å². The molecule has 4 heterocycles. The van der Waals surface area contributed by atoms with Gasteiger partial charge in [0.15, 0.2) is 5.96 Å². The van der Waals surface area contributed by atoms with Crippen molar-refractivity contribution in [3.05, 3.63) is 47.8 Å². The van der Waals surface area contributed by atoms with Crippen molar-refractivity contribution in [1.82, 2.24) is 98.0 Å². The number of amides is 12. The van der Waals surface area contributed by atoms with E-state index in [9.17, 15) is 81.8 Å². The molecule has 3 saturated heterocycles. The predicted octanol–water partition coefficient (Wildman–Crippen LogP) is -6.95. The van der Waals surface area contributed by atoms with Crippen LogP contribution < -0.4 is 64.2 Å². The van der Waals surface area contributed by atoms with E-state index >= 15 is 0 Å². The zero-order valence-corrected chi connectivity index (χ0v) is 63.9. The molecule has 3 aliphatic rings. The Kier molecular flexibility index (Phi) is 41.1. The third-order valence-corrected chi connectivity index (χ3v) is 18.2. The molecule has 1 unspecified atom stereocenters. The molecule has 3 fully saturated rings. The Balaban J connectivity index is 1.08. The van der Waals surface area contributed by atoms with Crippen LogP contribution in [0.15, 0.2) is 36.5 Å². The lowest BCUT2D eigenvalue weighted by molar-refractivity contribution is -0.144. The van der Waals surface area contributed by atoms with Gasteiger partial charge in [-0.05, 0) is 56.9 Å². The lowest BCUT2D eigenvalue weighted by Crippen LogP contribution is -2.58. The number of unbranched alkanes of at least 4 members (excludes halogenated alkanes) is 2. The second kappa shape index (κ2) is 50.1. The van der Waals surface area contributed by atoms with Gasteiger partial charge in [-0.1, -0.05) is 42.5 Å². The lowest BCUT2D eigenvalue weighted by atomic mass is 10.0. The van der Waals surface area contributed by atoms with Crippen molar-refractivity contribution in [2.75, 3.05) is 152 Å².